The molecule has 8 aromatic carbocycles. The van der Waals surface area contributed by atoms with Crippen LogP contribution < -0.4 is 0 Å². The molecule has 8 aromatic rings. The summed E-state index contributed by atoms with van der Waals surface area (Å²) in [6, 6.07) is 36.4. The third-order valence-corrected chi connectivity index (χ3v) is 27.1. The molecule has 0 unspecified atom stereocenters. The molecule has 0 atom stereocenters. The molecule has 0 aromatic heterocycles. The van der Waals surface area contributed by atoms with Gasteiger partial charge in [-0.15, -0.1) is 0 Å². The minimum atomic E-state index is -4.52. The molecule has 0 saturated heterocycles. The summed E-state index contributed by atoms with van der Waals surface area (Å²) in [5, 5.41) is 0. The minimum absolute atomic E-state index is 0.0262. The van der Waals surface area contributed by atoms with Gasteiger partial charge in [-0.05, 0) is 170 Å². The lowest BCUT2D eigenvalue weighted by atomic mass is 10.2. The van der Waals surface area contributed by atoms with Crippen LogP contribution in [-0.2, 0) is 97.5 Å². The Balaban J connectivity index is 1.01. The van der Waals surface area contributed by atoms with Crippen molar-refractivity contribution in [2.24, 2.45) is 0 Å². The monoisotopic (exact) mass is 1310 g/mol. The first-order valence-corrected chi connectivity index (χ1v) is 37.9. The molecule has 0 spiro atoms. The number of aryl methyl sites for hydroxylation is 1. The van der Waals surface area contributed by atoms with Gasteiger partial charge in [0.15, 0.2) is 19.7 Å². The standard InChI is InChI=1S/C59H60N2O16S8/c1-42-9-13-47(14-10-42)80(66,67)50-29-31-55(32-30-50)84(74,75)57-34-36-59(45(38-57)40-61(5,6)7)85(76,77)58-35-33-56(37-44(58)39-60(2,3)4)79(64,65)41-43-11-15-48(16-12-43)81(68,69)51-21-23-53(24-22-51)83(72,73)54-27-25-52(26-28-54)82(70,71)49-19-17-46(18-20-49)78(8,62)63/h9-38H,39-41H2,1-8H3/q+2. The van der Waals surface area contributed by atoms with Crippen LogP contribution >= 0.6 is 0 Å². The zero-order valence-corrected chi connectivity index (χ0v) is 53.7. The van der Waals surface area contributed by atoms with E-state index in [0.29, 0.717) is 0 Å². The second kappa shape index (κ2) is 22.9. The van der Waals surface area contributed by atoms with Crippen molar-refractivity contribution in [3.63, 3.8) is 0 Å². The second-order valence-corrected chi connectivity index (χ2v) is 38.0. The van der Waals surface area contributed by atoms with Crippen LogP contribution in [0.1, 0.15) is 22.3 Å². The van der Waals surface area contributed by atoms with Gasteiger partial charge in [0.25, 0.3) is 0 Å². The number of hydrogen-bond donors (Lipinski definition) is 0. The highest BCUT2D eigenvalue weighted by Crippen LogP contribution is 2.36. The van der Waals surface area contributed by atoms with Gasteiger partial charge >= 0.3 is 0 Å². The zero-order chi connectivity index (χ0) is 62.7. The van der Waals surface area contributed by atoms with Crippen molar-refractivity contribution >= 4 is 78.7 Å². The Labute approximate surface area is 498 Å². The summed E-state index contributed by atoms with van der Waals surface area (Å²) >= 11 is 0. The molecule has 0 aliphatic rings. The SMILES string of the molecule is Cc1ccc(S(=O)(=O)c2ccc(S(=O)(=O)c3ccc(S(=O)(=O)c4ccc(S(=O)(=O)Cc5ccc(S(=O)(=O)c6ccc(S(=O)(=O)c7ccc(S(=O)(=O)c8ccc(S(C)(=O)=O)cc8)cc7)cc6)cc5)cc4C[N+](C)(C)C)c(C[N+](C)(C)C)c3)cc2)cc1. The number of nitrogens with zero attached hydrogens (tertiary/aromatic N) is 2. The maximum atomic E-state index is 15.0. The third-order valence-electron chi connectivity index (χ3n) is 13.4. The van der Waals surface area contributed by atoms with E-state index in [9.17, 15) is 67.3 Å². The van der Waals surface area contributed by atoms with Crippen molar-refractivity contribution < 1.29 is 76.3 Å². The second-order valence-electron chi connectivity index (χ2n) is 22.3. The largest absolute Gasteiger partial charge is 0.327 e. The summed E-state index contributed by atoms with van der Waals surface area (Å²) in [4.78, 5) is -2.94. The Kier molecular flexibility index (Phi) is 17.3. The number of sulfone groups is 8. The molecule has 0 amide bonds. The van der Waals surface area contributed by atoms with Crippen LogP contribution in [0, 0.1) is 6.92 Å². The summed E-state index contributed by atoms with van der Waals surface area (Å²) < 4.78 is 219. The van der Waals surface area contributed by atoms with Gasteiger partial charge in [0.05, 0.1) is 117 Å². The van der Waals surface area contributed by atoms with Crippen LogP contribution in [0.3, 0.4) is 0 Å². The highest BCUT2D eigenvalue weighted by atomic mass is 32.2. The molecule has 0 fully saturated rings. The first-order chi connectivity index (χ1) is 39.1. The topological polar surface area (TPSA) is 273 Å². The maximum absolute atomic E-state index is 15.0. The van der Waals surface area contributed by atoms with E-state index in [2.05, 4.69) is 0 Å². The van der Waals surface area contributed by atoms with E-state index in [1.54, 1.807) is 54.4 Å². The van der Waals surface area contributed by atoms with E-state index < -0.39 is 84.5 Å². The van der Waals surface area contributed by atoms with Crippen LogP contribution in [-0.4, -0.2) is 125 Å². The lowest BCUT2D eigenvalue weighted by Crippen LogP contribution is -2.34. The van der Waals surface area contributed by atoms with Crippen molar-refractivity contribution in [1.82, 2.24) is 0 Å². The van der Waals surface area contributed by atoms with Gasteiger partial charge in [0, 0.05) is 17.4 Å². The summed E-state index contributed by atoms with van der Waals surface area (Å²) in [5.41, 5.74) is 1.32. The fourth-order valence-electron chi connectivity index (χ4n) is 9.11. The predicted octanol–water partition coefficient (Wildman–Crippen LogP) is 7.78. The van der Waals surface area contributed by atoms with Crippen molar-refractivity contribution in [2.45, 2.75) is 94.3 Å². The highest BCUT2D eigenvalue weighted by Gasteiger charge is 2.33. The van der Waals surface area contributed by atoms with Gasteiger partial charge in [0.1, 0.15) is 13.1 Å². The summed E-state index contributed by atoms with van der Waals surface area (Å²) in [6.07, 6.45) is 0.974. The fraction of sp³-hybridized carbons (Fsp3) is 0.186. The first-order valence-electron chi connectivity index (χ1n) is 25.5. The van der Waals surface area contributed by atoms with E-state index in [1.807, 2.05) is 6.92 Å². The van der Waals surface area contributed by atoms with Crippen LogP contribution in [0.4, 0.5) is 0 Å². The molecular formula is C59H60N2O16S8+2. The Morgan fingerprint density at radius 3 is 0.812 bits per heavy atom. The maximum Gasteiger partial charge on any atom is 0.207 e. The van der Waals surface area contributed by atoms with E-state index in [0.717, 1.165) is 96.7 Å². The molecule has 0 aliphatic carbocycles. The molecule has 18 nitrogen and oxygen atoms in total. The van der Waals surface area contributed by atoms with E-state index >= 15 is 0 Å². The molecule has 0 radical (unpaired) electrons. The predicted molar refractivity (Wildman–Crippen MR) is 316 cm³/mol. The van der Waals surface area contributed by atoms with E-state index in [4.69, 9.17) is 0 Å². The van der Waals surface area contributed by atoms with E-state index in [1.165, 1.54) is 84.9 Å². The van der Waals surface area contributed by atoms with Crippen LogP contribution in [0.2, 0.25) is 0 Å². The number of benzene rings is 8. The van der Waals surface area contributed by atoms with Crippen molar-refractivity contribution in [3.8, 4) is 0 Å². The minimum Gasteiger partial charge on any atom is -0.327 e. The molecular weight excluding hydrogens is 1250 g/mol. The molecule has 0 heterocycles. The zero-order valence-electron chi connectivity index (χ0n) is 47.1. The quantitative estimate of drug-likeness (QED) is 0.0659. The molecule has 0 saturated carbocycles. The third kappa shape index (κ3) is 13.8. The number of rotatable bonds is 20. The Morgan fingerprint density at radius 2 is 0.518 bits per heavy atom. The molecule has 85 heavy (non-hydrogen) atoms. The molecule has 448 valence electrons. The molecule has 0 bridgehead atoms. The summed E-state index contributed by atoms with van der Waals surface area (Å²) in [7, 11) is -22.8. The lowest BCUT2D eigenvalue weighted by molar-refractivity contribution is -0.884. The van der Waals surface area contributed by atoms with Gasteiger partial charge in [-0.3, -0.25) is 0 Å². The molecule has 8 rings (SSSR count). The van der Waals surface area contributed by atoms with Gasteiger partial charge < -0.3 is 8.97 Å². The molecule has 0 aliphatic heterocycles. The molecule has 0 N–H and O–H groups in total. The van der Waals surface area contributed by atoms with Crippen LogP contribution in [0.15, 0.2) is 251 Å². The van der Waals surface area contributed by atoms with Gasteiger partial charge in [0.2, 0.25) is 59.0 Å². The lowest BCUT2D eigenvalue weighted by Gasteiger charge is -2.27. The normalized spacial score (nSPS) is 13.4. The van der Waals surface area contributed by atoms with Crippen molar-refractivity contribution in [3.05, 3.63) is 204 Å². The molecule has 26 heteroatoms. The average Bonchev–Trinajstić information content (AvgIpc) is 1.31. The van der Waals surface area contributed by atoms with Crippen molar-refractivity contribution in [1.29, 1.82) is 0 Å². The Morgan fingerprint density at radius 1 is 0.282 bits per heavy atom. The fourth-order valence-corrected chi connectivity index (χ4v) is 19.2. The smallest absolute Gasteiger partial charge is 0.207 e. The first kappa shape index (κ1) is 64.3. The number of hydrogen-bond acceptors (Lipinski definition) is 16. The number of quaternary nitrogens is 2. The van der Waals surface area contributed by atoms with Crippen LogP contribution in [0.25, 0.3) is 0 Å². The van der Waals surface area contributed by atoms with E-state index in [-0.39, 0.29) is 107 Å². The van der Waals surface area contributed by atoms with Gasteiger partial charge in [-0.1, -0.05) is 29.8 Å². The highest BCUT2D eigenvalue weighted by molar-refractivity contribution is 7.93. The van der Waals surface area contributed by atoms with Gasteiger partial charge in [-0.2, -0.15) is 0 Å². The van der Waals surface area contributed by atoms with Crippen LogP contribution in [0.5, 0.6) is 0 Å². The Bertz CT molecular complexity index is 4870. The Hall–Kier alpha value is -6.72. The van der Waals surface area contributed by atoms with Gasteiger partial charge in [-0.25, -0.2) is 67.3 Å². The van der Waals surface area contributed by atoms with Crippen molar-refractivity contribution in [2.75, 3.05) is 48.5 Å². The average molecular weight is 1310 g/mol. The summed E-state index contributed by atoms with van der Waals surface area (Å²) in [5.74, 6) is -0.629. The summed E-state index contributed by atoms with van der Waals surface area (Å²) in [6.45, 7) is 1.87.